The van der Waals surface area contributed by atoms with Crippen LogP contribution in [-0.2, 0) is 10.0 Å². The van der Waals surface area contributed by atoms with Crippen molar-refractivity contribution in [3.8, 4) is 0 Å². The lowest BCUT2D eigenvalue weighted by molar-refractivity contribution is 0.316. The first-order valence-corrected chi connectivity index (χ1v) is 11.2. The number of guanidine groups is 1. The Labute approximate surface area is 185 Å². The summed E-state index contributed by atoms with van der Waals surface area (Å²) in [6, 6.07) is 4.96. The van der Waals surface area contributed by atoms with Crippen LogP contribution in [0.1, 0.15) is 50.3 Å². The van der Waals surface area contributed by atoms with Crippen molar-refractivity contribution in [3.63, 3.8) is 0 Å². The molecule has 160 valence electrons. The molecule has 0 aliphatic heterocycles. The third-order valence-corrected chi connectivity index (χ3v) is 6.17. The summed E-state index contributed by atoms with van der Waals surface area (Å²) in [7, 11) is -3.32. The Bertz CT molecular complexity index is 754. The van der Waals surface area contributed by atoms with Crippen LogP contribution in [0.25, 0.3) is 0 Å². The molecule has 28 heavy (non-hydrogen) atoms. The Morgan fingerprint density at radius 2 is 2.07 bits per heavy atom. The van der Waals surface area contributed by atoms with Gasteiger partial charge in [-0.25, -0.2) is 17.5 Å². The van der Waals surface area contributed by atoms with Gasteiger partial charge in [-0.05, 0) is 56.7 Å². The zero-order chi connectivity index (χ0) is 19.9. The SMILES string of the molecule is CCNC(=NCCS(=O)(=O)NCC1CCC1)NC(C)c1ccc(C)c(F)c1.I. The van der Waals surface area contributed by atoms with Gasteiger partial charge in [0.25, 0.3) is 0 Å². The first kappa shape index (κ1) is 25.1. The minimum Gasteiger partial charge on any atom is -0.357 e. The standard InChI is InChI=1S/C19H31FN4O2S.HI/c1-4-21-19(24-15(3)17-9-8-14(2)18(20)12-17)22-10-11-27(25,26)23-13-16-6-5-7-16;/h8-9,12,15-16,23H,4-7,10-11,13H2,1-3H3,(H2,21,22,24);1H. The summed E-state index contributed by atoms with van der Waals surface area (Å²) in [4.78, 5) is 4.35. The first-order chi connectivity index (χ1) is 12.8. The van der Waals surface area contributed by atoms with Crippen LogP contribution >= 0.6 is 24.0 Å². The fourth-order valence-corrected chi connectivity index (χ4v) is 3.74. The minimum absolute atomic E-state index is 0. The van der Waals surface area contributed by atoms with Crippen LogP contribution in [0.4, 0.5) is 4.39 Å². The molecule has 0 amide bonds. The Balaban J connectivity index is 0.00000392. The van der Waals surface area contributed by atoms with E-state index in [9.17, 15) is 12.8 Å². The van der Waals surface area contributed by atoms with Crippen molar-refractivity contribution < 1.29 is 12.8 Å². The highest BCUT2D eigenvalue weighted by Crippen LogP contribution is 2.25. The van der Waals surface area contributed by atoms with Crippen molar-refractivity contribution in [2.24, 2.45) is 10.9 Å². The zero-order valence-corrected chi connectivity index (χ0v) is 19.9. The topological polar surface area (TPSA) is 82.6 Å². The van der Waals surface area contributed by atoms with E-state index in [-0.39, 0.29) is 48.1 Å². The fourth-order valence-electron chi connectivity index (χ4n) is 2.78. The number of hydrogen-bond donors (Lipinski definition) is 3. The monoisotopic (exact) mass is 526 g/mol. The average molecular weight is 526 g/mol. The fraction of sp³-hybridized carbons (Fsp3) is 0.632. The lowest BCUT2D eigenvalue weighted by Crippen LogP contribution is -2.39. The number of nitrogens with one attached hydrogen (secondary N) is 3. The molecule has 1 saturated carbocycles. The second-order valence-corrected chi connectivity index (χ2v) is 9.03. The molecule has 3 N–H and O–H groups in total. The summed E-state index contributed by atoms with van der Waals surface area (Å²) in [5, 5.41) is 6.29. The van der Waals surface area contributed by atoms with Gasteiger partial charge in [0.1, 0.15) is 5.82 Å². The molecular formula is C19H32FIN4O2S. The Hall–Kier alpha value is -0.940. The van der Waals surface area contributed by atoms with Gasteiger partial charge in [0.15, 0.2) is 5.96 Å². The van der Waals surface area contributed by atoms with Gasteiger partial charge < -0.3 is 10.6 Å². The number of aliphatic imine (C=N–C) groups is 1. The molecule has 1 aliphatic rings. The molecule has 1 aromatic rings. The summed E-state index contributed by atoms with van der Waals surface area (Å²) < 4.78 is 40.6. The van der Waals surface area contributed by atoms with Crippen molar-refractivity contribution in [2.45, 2.75) is 46.1 Å². The number of halogens is 2. The van der Waals surface area contributed by atoms with Crippen molar-refractivity contribution >= 4 is 40.0 Å². The Morgan fingerprint density at radius 1 is 1.36 bits per heavy atom. The van der Waals surface area contributed by atoms with Crippen LogP contribution in [0.3, 0.4) is 0 Å². The third kappa shape index (κ3) is 8.20. The molecule has 6 nitrogen and oxygen atoms in total. The molecule has 0 saturated heterocycles. The highest BCUT2D eigenvalue weighted by Gasteiger charge is 2.20. The number of rotatable bonds is 9. The Kier molecular flexibility index (Phi) is 10.7. The van der Waals surface area contributed by atoms with Gasteiger partial charge in [-0.1, -0.05) is 18.6 Å². The van der Waals surface area contributed by atoms with Crippen LogP contribution < -0.4 is 15.4 Å². The lowest BCUT2D eigenvalue weighted by atomic mass is 9.86. The molecule has 0 bridgehead atoms. The number of aryl methyl sites for hydroxylation is 1. The molecule has 1 aliphatic carbocycles. The maximum Gasteiger partial charge on any atom is 0.213 e. The van der Waals surface area contributed by atoms with E-state index in [2.05, 4.69) is 20.3 Å². The molecule has 9 heteroatoms. The molecule has 0 spiro atoms. The van der Waals surface area contributed by atoms with Gasteiger partial charge in [0.05, 0.1) is 18.3 Å². The summed E-state index contributed by atoms with van der Waals surface area (Å²) in [5.41, 5.74) is 1.41. The van der Waals surface area contributed by atoms with E-state index >= 15 is 0 Å². The van der Waals surface area contributed by atoms with Crippen molar-refractivity contribution in [1.29, 1.82) is 0 Å². The van der Waals surface area contributed by atoms with Crippen molar-refractivity contribution in [2.75, 3.05) is 25.4 Å². The van der Waals surface area contributed by atoms with Crippen LogP contribution in [0.5, 0.6) is 0 Å². The van der Waals surface area contributed by atoms with Gasteiger partial charge in [-0.3, -0.25) is 4.99 Å². The van der Waals surface area contributed by atoms with E-state index in [0.29, 0.717) is 30.5 Å². The molecule has 0 heterocycles. The minimum atomic E-state index is -3.32. The molecule has 1 atom stereocenters. The molecule has 2 rings (SSSR count). The van der Waals surface area contributed by atoms with E-state index in [1.165, 1.54) is 12.5 Å². The van der Waals surface area contributed by atoms with Gasteiger partial charge >= 0.3 is 0 Å². The second-order valence-electron chi connectivity index (χ2n) is 7.10. The van der Waals surface area contributed by atoms with Crippen LogP contribution in [0.2, 0.25) is 0 Å². The molecule has 1 aromatic carbocycles. The molecule has 0 aromatic heterocycles. The van der Waals surface area contributed by atoms with Crippen LogP contribution in [0.15, 0.2) is 23.2 Å². The van der Waals surface area contributed by atoms with Crippen molar-refractivity contribution in [3.05, 3.63) is 35.1 Å². The van der Waals surface area contributed by atoms with E-state index in [1.807, 2.05) is 19.9 Å². The van der Waals surface area contributed by atoms with Crippen LogP contribution in [0, 0.1) is 18.7 Å². The predicted octanol–water partition coefficient (Wildman–Crippen LogP) is 3.09. The predicted molar refractivity (Wildman–Crippen MR) is 123 cm³/mol. The van der Waals surface area contributed by atoms with E-state index in [0.717, 1.165) is 18.4 Å². The quantitative estimate of drug-likeness (QED) is 0.263. The Morgan fingerprint density at radius 3 is 2.64 bits per heavy atom. The van der Waals surface area contributed by atoms with E-state index in [1.54, 1.807) is 13.0 Å². The third-order valence-electron chi connectivity index (χ3n) is 4.84. The van der Waals surface area contributed by atoms with E-state index < -0.39 is 10.0 Å². The number of hydrogen-bond acceptors (Lipinski definition) is 3. The number of nitrogens with zero attached hydrogens (tertiary/aromatic N) is 1. The van der Waals surface area contributed by atoms with Crippen LogP contribution in [-0.4, -0.2) is 39.8 Å². The van der Waals surface area contributed by atoms with Gasteiger partial charge in [-0.2, -0.15) is 0 Å². The second kappa shape index (κ2) is 11.9. The molecular weight excluding hydrogens is 494 g/mol. The molecule has 1 fully saturated rings. The molecule has 1 unspecified atom stereocenters. The number of sulfonamides is 1. The largest absolute Gasteiger partial charge is 0.357 e. The highest BCUT2D eigenvalue weighted by atomic mass is 127. The maximum absolute atomic E-state index is 13.8. The smallest absolute Gasteiger partial charge is 0.213 e. The summed E-state index contributed by atoms with van der Waals surface area (Å²) in [6.45, 7) is 6.90. The lowest BCUT2D eigenvalue weighted by Gasteiger charge is -2.25. The summed E-state index contributed by atoms with van der Waals surface area (Å²) in [5.74, 6) is 0.703. The van der Waals surface area contributed by atoms with Crippen molar-refractivity contribution in [1.82, 2.24) is 15.4 Å². The van der Waals surface area contributed by atoms with Gasteiger partial charge in [0, 0.05) is 13.1 Å². The summed E-state index contributed by atoms with van der Waals surface area (Å²) in [6.07, 6.45) is 3.40. The number of benzene rings is 1. The summed E-state index contributed by atoms with van der Waals surface area (Å²) >= 11 is 0. The van der Waals surface area contributed by atoms with Gasteiger partial charge in [0.2, 0.25) is 10.0 Å². The normalized spacial score (nSPS) is 16.1. The highest BCUT2D eigenvalue weighted by molar-refractivity contribution is 14.0. The maximum atomic E-state index is 13.8. The average Bonchev–Trinajstić information content (AvgIpc) is 2.55. The van der Waals surface area contributed by atoms with Gasteiger partial charge in [-0.15, -0.1) is 24.0 Å². The first-order valence-electron chi connectivity index (χ1n) is 9.59. The zero-order valence-electron chi connectivity index (χ0n) is 16.8. The molecule has 0 radical (unpaired) electrons. The van der Waals surface area contributed by atoms with E-state index in [4.69, 9.17) is 0 Å².